The van der Waals surface area contributed by atoms with Crippen molar-refractivity contribution in [2.45, 2.75) is 44.3 Å². The second-order valence-corrected chi connectivity index (χ2v) is 7.11. The molecule has 1 aromatic carbocycles. The highest BCUT2D eigenvalue weighted by Gasteiger charge is 2.41. The van der Waals surface area contributed by atoms with Crippen LogP contribution in [-0.4, -0.2) is 38.3 Å². The summed E-state index contributed by atoms with van der Waals surface area (Å²) in [6, 6.07) is 3.29. The minimum atomic E-state index is -4.14. The van der Waals surface area contributed by atoms with Gasteiger partial charge in [0.15, 0.2) is 0 Å². The Balaban J connectivity index is 1.71. The average Bonchev–Trinajstić information content (AvgIpc) is 2.54. The number of hydrogen-bond acceptors (Lipinski definition) is 4. The maximum Gasteiger partial charge on any atom is 0.391 e. The predicted molar refractivity (Wildman–Crippen MR) is 96.5 cm³/mol. The van der Waals surface area contributed by atoms with Crippen LogP contribution >= 0.6 is 0 Å². The number of benzene rings is 1. The van der Waals surface area contributed by atoms with Crippen LogP contribution in [0.25, 0.3) is 0 Å². The number of anilines is 3. The van der Waals surface area contributed by atoms with Gasteiger partial charge in [0, 0.05) is 26.2 Å². The van der Waals surface area contributed by atoms with E-state index in [9.17, 15) is 18.0 Å². The van der Waals surface area contributed by atoms with E-state index in [1.165, 1.54) is 0 Å². The number of nitrogen functional groups attached to an aromatic ring is 1. The van der Waals surface area contributed by atoms with Crippen molar-refractivity contribution in [1.82, 2.24) is 5.32 Å². The number of carbonyl (C=O) groups is 1. The smallest absolute Gasteiger partial charge is 0.391 e. The van der Waals surface area contributed by atoms with Crippen LogP contribution in [0.2, 0.25) is 0 Å². The zero-order valence-electron chi connectivity index (χ0n) is 14.8. The number of amides is 1. The van der Waals surface area contributed by atoms with E-state index in [0.717, 1.165) is 30.9 Å². The molecule has 1 amide bonds. The lowest BCUT2D eigenvalue weighted by Gasteiger charge is -2.35. The molecule has 1 heterocycles. The lowest BCUT2D eigenvalue weighted by atomic mass is 9.85. The average molecular weight is 370 g/mol. The van der Waals surface area contributed by atoms with E-state index in [1.54, 1.807) is 13.1 Å². The minimum absolute atomic E-state index is 0.0638. The van der Waals surface area contributed by atoms with E-state index in [4.69, 9.17) is 5.73 Å². The van der Waals surface area contributed by atoms with Gasteiger partial charge in [0.05, 0.1) is 28.5 Å². The van der Waals surface area contributed by atoms with Gasteiger partial charge in [-0.3, -0.25) is 4.79 Å². The molecule has 2 aliphatic rings. The van der Waals surface area contributed by atoms with E-state index < -0.39 is 12.1 Å². The molecule has 0 atom stereocenters. The highest BCUT2D eigenvalue weighted by molar-refractivity contribution is 6.02. The molecule has 0 radical (unpaired) electrons. The fraction of sp³-hybridized carbons (Fsp3) is 0.611. The van der Waals surface area contributed by atoms with Crippen molar-refractivity contribution < 1.29 is 18.0 Å². The van der Waals surface area contributed by atoms with E-state index in [2.05, 4.69) is 15.5 Å². The molecule has 2 fully saturated rings. The first-order valence-electron chi connectivity index (χ1n) is 9.03. The number of alkyl halides is 3. The molecule has 5 nitrogen and oxygen atoms in total. The first-order valence-corrected chi connectivity index (χ1v) is 9.03. The maximum absolute atomic E-state index is 12.8. The van der Waals surface area contributed by atoms with Crippen molar-refractivity contribution >= 4 is 23.0 Å². The van der Waals surface area contributed by atoms with Crippen LogP contribution in [0.1, 0.15) is 42.5 Å². The van der Waals surface area contributed by atoms with Gasteiger partial charge in [0.2, 0.25) is 0 Å². The quantitative estimate of drug-likeness (QED) is 0.711. The summed E-state index contributed by atoms with van der Waals surface area (Å²) in [6.45, 7) is 1.76. The van der Waals surface area contributed by atoms with Crippen LogP contribution in [0.5, 0.6) is 0 Å². The van der Waals surface area contributed by atoms with Gasteiger partial charge in [-0.2, -0.15) is 13.2 Å². The van der Waals surface area contributed by atoms with Gasteiger partial charge in [-0.25, -0.2) is 0 Å². The van der Waals surface area contributed by atoms with Crippen LogP contribution in [-0.2, 0) is 0 Å². The monoisotopic (exact) mass is 370 g/mol. The number of carbonyl (C=O) groups excluding carboxylic acids is 1. The molecule has 0 aromatic heterocycles. The van der Waals surface area contributed by atoms with Crippen molar-refractivity contribution in [3.05, 3.63) is 17.7 Å². The number of rotatable bonds is 4. The fourth-order valence-electron chi connectivity index (χ4n) is 3.65. The third-order valence-electron chi connectivity index (χ3n) is 5.40. The zero-order chi connectivity index (χ0) is 18.9. The molecule has 0 bridgehead atoms. The number of nitrogens with one attached hydrogen (secondary N) is 2. The SMILES string of the molecule is CNc1cc(N2CCC2)c(C(=O)N[C@H]2CC[C@H](C(F)(F)F)CC2)cc1N. The van der Waals surface area contributed by atoms with Crippen molar-refractivity contribution in [1.29, 1.82) is 0 Å². The van der Waals surface area contributed by atoms with Gasteiger partial charge in [-0.05, 0) is 44.2 Å². The van der Waals surface area contributed by atoms with E-state index in [0.29, 0.717) is 24.1 Å². The summed E-state index contributed by atoms with van der Waals surface area (Å²) in [5.41, 5.74) is 8.55. The Morgan fingerprint density at radius 3 is 2.35 bits per heavy atom. The third-order valence-corrected chi connectivity index (χ3v) is 5.40. The molecule has 1 saturated carbocycles. The summed E-state index contributed by atoms with van der Waals surface area (Å²) in [5, 5.41) is 5.92. The first kappa shape index (κ1) is 18.7. The second-order valence-electron chi connectivity index (χ2n) is 7.11. The third kappa shape index (κ3) is 3.83. The predicted octanol–water partition coefficient (Wildman–Crippen LogP) is 3.37. The second kappa shape index (κ2) is 7.25. The summed E-state index contributed by atoms with van der Waals surface area (Å²) in [7, 11) is 1.77. The van der Waals surface area contributed by atoms with E-state index in [1.807, 2.05) is 6.07 Å². The van der Waals surface area contributed by atoms with Crippen molar-refractivity contribution in [2.75, 3.05) is 36.1 Å². The molecule has 144 valence electrons. The van der Waals surface area contributed by atoms with Crippen molar-refractivity contribution in [3.63, 3.8) is 0 Å². The number of hydrogen-bond donors (Lipinski definition) is 3. The lowest BCUT2D eigenvalue weighted by Crippen LogP contribution is -2.42. The summed E-state index contributed by atoms with van der Waals surface area (Å²) >= 11 is 0. The van der Waals surface area contributed by atoms with Gasteiger partial charge in [-0.1, -0.05) is 0 Å². The zero-order valence-corrected chi connectivity index (χ0v) is 14.8. The molecule has 4 N–H and O–H groups in total. The summed E-state index contributed by atoms with van der Waals surface area (Å²) < 4.78 is 38.4. The molecule has 1 aliphatic heterocycles. The Morgan fingerprint density at radius 2 is 1.85 bits per heavy atom. The Labute approximate surface area is 151 Å². The number of nitrogens with two attached hydrogens (primary N) is 1. The fourth-order valence-corrected chi connectivity index (χ4v) is 3.65. The largest absolute Gasteiger partial charge is 0.397 e. The molecule has 1 aromatic rings. The lowest BCUT2D eigenvalue weighted by molar-refractivity contribution is -0.182. The van der Waals surface area contributed by atoms with Crippen molar-refractivity contribution in [2.24, 2.45) is 5.92 Å². The molecule has 1 saturated heterocycles. The van der Waals surface area contributed by atoms with Crippen LogP contribution in [0.15, 0.2) is 12.1 Å². The number of halogens is 3. The topological polar surface area (TPSA) is 70.4 Å². The summed E-state index contributed by atoms with van der Waals surface area (Å²) in [6.07, 6.45) is -2.25. The van der Waals surface area contributed by atoms with Gasteiger partial charge in [0.1, 0.15) is 0 Å². The molecule has 3 rings (SSSR count). The molecular formula is C18H25F3N4O. The Kier molecular flexibility index (Phi) is 5.20. The molecule has 8 heteroatoms. The molecule has 1 aliphatic carbocycles. The molecule has 0 spiro atoms. The van der Waals surface area contributed by atoms with Gasteiger partial charge in [0.25, 0.3) is 5.91 Å². The summed E-state index contributed by atoms with van der Waals surface area (Å²) in [5.74, 6) is -1.52. The maximum atomic E-state index is 12.8. The van der Waals surface area contributed by atoms with Gasteiger partial charge in [-0.15, -0.1) is 0 Å². The molecular weight excluding hydrogens is 345 g/mol. The Hall–Kier alpha value is -2.12. The molecule has 0 unspecified atom stereocenters. The standard InChI is InChI=1S/C18H25F3N4O/c1-23-15-10-16(25-7-2-8-25)13(9-14(15)22)17(26)24-12-5-3-11(4-6-12)18(19,20)21/h9-12,23H,2-8,22H2,1H3,(H,24,26)/t11-,12-. The Bertz CT molecular complexity index is 665. The normalized spacial score (nSPS) is 23.3. The highest BCUT2D eigenvalue weighted by atomic mass is 19.4. The summed E-state index contributed by atoms with van der Waals surface area (Å²) in [4.78, 5) is 14.9. The van der Waals surface area contributed by atoms with E-state index >= 15 is 0 Å². The molecule has 26 heavy (non-hydrogen) atoms. The van der Waals surface area contributed by atoms with E-state index in [-0.39, 0.29) is 24.8 Å². The van der Waals surface area contributed by atoms with Crippen LogP contribution in [0.3, 0.4) is 0 Å². The van der Waals surface area contributed by atoms with Crippen LogP contribution in [0, 0.1) is 5.92 Å². The van der Waals surface area contributed by atoms with Crippen molar-refractivity contribution in [3.8, 4) is 0 Å². The highest BCUT2D eigenvalue weighted by Crippen LogP contribution is 2.38. The van der Waals surface area contributed by atoms with Crippen LogP contribution < -0.4 is 21.3 Å². The van der Waals surface area contributed by atoms with Gasteiger partial charge < -0.3 is 21.3 Å². The van der Waals surface area contributed by atoms with Crippen LogP contribution in [0.4, 0.5) is 30.2 Å². The minimum Gasteiger partial charge on any atom is -0.397 e. The number of nitrogens with zero attached hydrogens (tertiary/aromatic N) is 1. The Morgan fingerprint density at radius 1 is 1.19 bits per heavy atom. The first-order chi connectivity index (χ1) is 12.3. The van der Waals surface area contributed by atoms with Gasteiger partial charge >= 0.3 is 6.18 Å².